The molecule has 1 aliphatic rings. The molecule has 0 aromatic heterocycles. The lowest BCUT2D eigenvalue weighted by Gasteiger charge is -2.33. The van der Waals surface area contributed by atoms with Crippen LogP contribution in [0, 0.1) is 0 Å². The molecule has 1 N–H and O–H groups in total. The Balaban J connectivity index is 2.00. The van der Waals surface area contributed by atoms with Gasteiger partial charge >= 0.3 is 5.97 Å². The van der Waals surface area contributed by atoms with E-state index in [-0.39, 0.29) is 23.4 Å². The number of thioether (sulfide) groups is 1. The Morgan fingerprint density at radius 3 is 2.65 bits per heavy atom. The molecule has 0 radical (unpaired) electrons. The first-order valence-corrected chi connectivity index (χ1v) is 8.76. The van der Waals surface area contributed by atoms with Crippen molar-refractivity contribution in [3.05, 3.63) is 23.8 Å². The number of aliphatic hydroxyl groups is 1. The van der Waals surface area contributed by atoms with Gasteiger partial charge in [-0.1, -0.05) is 6.07 Å². The summed E-state index contributed by atoms with van der Waals surface area (Å²) in [6.07, 6.45) is 1.61. The van der Waals surface area contributed by atoms with Crippen molar-refractivity contribution >= 4 is 17.7 Å². The minimum absolute atomic E-state index is 0.107. The summed E-state index contributed by atoms with van der Waals surface area (Å²) in [6.45, 7) is 1.43. The molecule has 0 aliphatic heterocycles. The lowest BCUT2D eigenvalue weighted by Crippen LogP contribution is -2.37. The molecular formula is C17H24O5S. The minimum atomic E-state index is -0.315. The molecule has 128 valence electrons. The van der Waals surface area contributed by atoms with Crippen molar-refractivity contribution in [2.75, 3.05) is 14.2 Å². The zero-order valence-corrected chi connectivity index (χ0v) is 14.6. The molecule has 6 heteroatoms. The van der Waals surface area contributed by atoms with Crippen LogP contribution in [0.1, 0.15) is 31.7 Å². The first-order valence-electron chi connectivity index (χ1n) is 7.71. The van der Waals surface area contributed by atoms with Crippen LogP contribution in [0.25, 0.3) is 0 Å². The number of hydrogen-bond donors (Lipinski definition) is 1. The first kappa shape index (κ1) is 17.9. The van der Waals surface area contributed by atoms with Crippen LogP contribution in [0.15, 0.2) is 18.2 Å². The number of ether oxygens (including phenoxy) is 3. The maximum Gasteiger partial charge on any atom is 0.302 e. The summed E-state index contributed by atoms with van der Waals surface area (Å²) in [7, 11) is 3.22. The van der Waals surface area contributed by atoms with Gasteiger partial charge in [-0.15, -0.1) is 11.8 Å². The van der Waals surface area contributed by atoms with Crippen LogP contribution in [0.3, 0.4) is 0 Å². The van der Waals surface area contributed by atoms with Gasteiger partial charge in [0.1, 0.15) is 6.10 Å². The van der Waals surface area contributed by atoms with E-state index < -0.39 is 0 Å². The molecule has 1 aliphatic carbocycles. The summed E-state index contributed by atoms with van der Waals surface area (Å²) in [4.78, 5) is 11.2. The van der Waals surface area contributed by atoms with Gasteiger partial charge in [0.15, 0.2) is 11.5 Å². The Morgan fingerprint density at radius 1 is 1.26 bits per heavy atom. The number of esters is 1. The normalized spacial score (nSPS) is 24.1. The third-order valence-corrected chi connectivity index (χ3v) is 5.36. The molecule has 0 unspecified atom stereocenters. The summed E-state index contributed by atoms with van der Waals surface area (Å²) >= 11 is 1.70. The predicted octanol–water partition coefficient (Wildman–Crippen LogP) is 2.78. The molecule has 0 bridgehead atoms. The Labute approximate surface area is 141 Å². The van der Waals surface area contributed by atoms with E-state index in [0.717, 1.165) is 11.3 Å². The number of hydrogen-bond acceptors (Lipinski definition) is 6. The molecule has 2 rings (SSSR count). The predicted molar refractivity (Wildman–Crippen MR) is 90.0 cm³/mol. The molecule has 23 heavy (non-hydrogen) atoms. The highest BCUT2D eigenvalue weighted by molar-refractivity contribution is 7.99. The van der Waals surface area contributed by atoms with E-state index in [1.165, 1.54) is 6.92 Å². The number of carbonyl (C=O) groups excluding carboxylic acids is 1. The first-order chi connectivity index (χ1) is 11.0. The van der Waals surface area contributed by atoms with Crippen molar-refractivity contribution in [3.8, 4) is 11.5 Å². The lowest BCUT2D eigenvalue weighted by molar-refractivity contribution is -0.148. The Kier molecular flexibility index (Phi) is 6.59. The molecule has 1 saturated carbocycles. The van der Waals surface area contributed by atoms with E-state index in [0.29, 0.717) is 30.8 Å². The maximum atomic E-state index is 11.2. The molecule has 3 atom stereocenters. The number of benzene rings is 1. The SMILES string of the molecule is COc1ccc(CS[C@H]2C[C@@H](O)CC[C@H]2OC(C)=O)cc1OC. The molecule has 0 heterocycles. The van der Waals surface area contributed by atoms with Gasteiger partial charge < -0.3 is 19.3 Å². The highest BCUT2D eigenvalue weighted by Crippen LogP contribution is 2.35. The van der Waals surface area contributed by atoms with Crippen LogP contribution < -0.4 is 9.47 Å². The molecule has 5 nitrogen and oxygen atoms in total. The van der Waals surface area contributed by atoms with Crippen LogP contribution in [-0.2, 0) is 15.3 Å². The second-order valence-electron chi connectivity index (χ2n) is 5.65. The van der Waals surface area contributed by atoms with Crippen LogP contribution in [-0.4, -0.2) is 42.8 Å². The largest absolute Gasteiger partial charge is 0.493 e. The highest BCUT2D eigenvalue weighted by Gasteiger charge is 2.32. The van der Waals surface area contributed by atoms with Crippen LogP contribution in [0.4, 0.5) is 0 Å². The number of aliphatic hydroxyl groups excluding tert-OH is 1. The van der Waals surface area contributed by atoms with Gasteiger partial charge in [-0.2, -0.15) is 0 Å². The second kappa shape index (κ2) is 8.45. The van der Waals surface area contributed by atoms with E-state index in [1.807, 2.05) is 18.2 Å². The molecule has 0 saturated heterocycles. The van der Waals surface area contributed by atoms with Crippen molar-refractivity contribution in [1.82, 2.24) is 0 Å². The van der Waals surface area contributed by atoms with Gasteiger partial charge in [-0.3, -0.25) is 4.79 Å². The summed E-state index contributed by atoms with van der Waals surface area (Å²) in [5.74, 6) is 1.90. The fourth-order valence-corrected chi connectivity index (χ4v) is 4.13. The second-order valence-corrected chi connectivity index (χ2v) is 6.88. The van der Waals surface area contributed by atoms with E-state index >= 15 is 0 Å². The minimum Gasteiger partial charge on any atom is -0.493 e. The lowest BCUT2D eigenvalue weighted by atomic mass is 9.94. The van der Waals surface area contributed by atoms with E-state index in [4.69, 9.17) is 14.2 Å². The van der Waals surface area contributed by atoms with E-state index in [2.05, 4.69) is 0 Å². The van der Waals surface area contributed by atoms with E-state index in [1.54, 1.807) is 26.0 Å². The highest BCUT2D eigenvalue weighted by atomic mass is 32.2. The molecule has 0 spiro atoms. The molecule has 1 aromatic carbocycles. The molecule has 1 fully saturated rings. The molecule has 1 aromatic rings. The van der Waals surface area contributed by atoms with Gasteiger partial charge in [0.2, 0.25) is 0 Å². The Morgan fingerprint density at radius 2 is 2.00 bits per heavy atom. The van der Waals surface area contributed by atoms with Gasteiger partial charge in [0.05, 0.1) is 20.3 Å². The standard InChI is InChI=1S/C17H24O5S/c1-11(18)22-15-7-5-13(19)9-17(15)23-10-12-4-6-14(20-2)16(8-12)21-3/h4,6,8,13,15,17,19H,5,7,9-10H2,1-3H3/t13-,15+,17-/m0/s1. The van der Waals surface area contributed by atoms with Gasteiger partial charge in [0.25, 0.3) is 0 Å². The number of carbonyl (C=O) groups is 1. The zero-order chi connectivity index (χ0) is 16.8. The maximum absolute atomic E-state index is 11.2. The topological polar surface area (TPSA) is 65.0 Å². The quantitative estimate of drug-likeness (QED) is 0.804. The summed E-state index contributed by atoms with van der Waals surface area (Å²) < 4.78 is 16.0. The van der Waals surface area contributed by atoms with Crippen LogP contribution in [0.5, 0.6) is 11.5 Å². The van der Waals surface area contributed by atoms with Gasteiger partial charge in [-0.05, 0) is 37.0 Å². The Hall–Kier alpha value is -1.40. The average molecular weight is 340 g/mol. The third-order valence-electron chi connectivity index (χ3n) is 3.93. The van der Waals surface area contributed by atoms with Crippen LogP contribution >= 0.6 is 11.8 Å². The third kappa shape index (κ3) is 5.04. The monoisotopic (exact) mass is 340 g/mol. The van der Waals surface area contributed by atoms with Crippen molar-refractivity contribution in [3.63, 3.8) is 0 Å². The fourth-order valence-electron chi connectivity index (χ4n) is 2.78. The van der Waals surface area contributed by atoms with Crippen molar-refractivity contribution in [2.24, 2.45) is 0 Å². The zero-order valence-electron chi connectivity index (χ0n) is 13.8. The van der Waals surface area contributed by atoms with Gasteiger partial charge in [0, 0.05) is 17.9 Å². The van der Waals surface area contributed by atoms with Crippen molar-refractivity contribution in [2.45, 2.75) is 49.4 Å². The number of rotatable bonds is 6. The smallest absolute Gasteiger partial charge is 0.302 e. The Bertz CT molecular complexity index is 534. The summed E-state index contributed by atoms with van der Waals surface area (Å²) in [6, 6.07) is 5.83. The molecule has 0 amide bonds. The summed E-state index contributed by atoms with van der Waals surface area (Å²) in [5.41, 5.74) is 1.11. The van der Waals surface area contributed by atoms with Crippen molar-refractivity contribution in [1.29, 1.82) is 0 Å². The average Bonchev–Trinajstić information content (AvgIpc) is 2.54. The van der Waals surface area contributed by atoms with Crippen LogP contribution in [0.2, 0.25) is 0 Å². The summed E-state index contributed by atoms with van der Waals surface area (Å²) in [5, 5.41) is 10.00. The number of methoxy groups -OCH3 is 2. The van der Waals surface area contributed by atoms with Crippen molar-refractivity contribution < 1.29 is 24.1 Å². The molecular weight excluding hydrogens is 316 g/mol. The van der Waals surface area contributed by atoms with E-state index in [9.17, 15) is 9.90 Å². The fraction of sp³-hybridized carbons (Fsp3) is 0.588. The van der Waals surface area contributed by atoms with Gasteiger partial charge in [-0.25, -0.2) is 0 Å².